The topological polar surface area (TPSA) is 79.2 Å². The van der Waals surface area contributed by atoms with E-state index in [-0.39, 0.29) is 11.8 Å². The van der Waals surface area contributed by atoms with E-state index in [1.807, 2.05) is 29.8 Å². The molecule has 128 valence electrons. The molecule has 3 rings (SSSR count). The monoisotopic (exact) mass is 328 g/mol. The molecule has 6 heteroatoms. The zero-order valence-electron chi connectivity index (χ0n) is 14.1. The van der Waals surface area contributed by atoms with Crippen LogP contribution in [0.3, 0.4) is 0 Å². The van der Waals surface area contributed by atoms with Crippen molar-refractivity contribution in [1.29, 1.82) is 0 Å². The summed E-state index contributed by atoms with van der Waals surface area (Å²) in [5.41, 5.74) is 1.97. The molecule has 1 aliphatic carbocycles. The van der Waals surface area contributed by atoms with Crippen molar-refractivity contribution < 1.29 is 9.90 Å². The summed E-state index contributed by atoms with van der Waals surface area (Å²) in [4.78, 5) is 12.1. The molecule has 6 nitrogen and oxygen atoms in total. The molecule has 0 radical (unpaired) electrons. The molecular weight excluding hydrogens is 304 g/mol. The highest BCUT2D eigenvalue weighted by molar-refractivity contribution is 5.88. The summed E-state index contributed by atoms with van der Waals surface area (Å²) in [6, 6.07) is 8.99. The van der Waals surface area contributed by atoms with Crippen LogP contribution in [-0.2, 0) is 6.42 Å². The number of nitrogens with zero attached hydrogens (tertiary/aromatic N) is 2. The highest BCUT2D eigenvalue weighted by Crippen LogP contribution is 2.40. The lowest BCUT2D eigenvalue weighted by atomic mass is 10.1. The zero-order chi connectivity index (χ0) is 17.1. The van der Waals surface area contributed by atoms with Crippen LogP contribution in [0.15, 0.2) is 30.3 Å². The van der Waals surface area contributed by atoms with Crippen LogP contribution < -0.4 is 10.6 Å². The van der Waals surface area contributed by atoms with Crippen molar-refractivity contribution in [1.82, 2.24) is 15.1 Å². The maximum Gasteiger partial charge on any atom is 0.320 e. The molecule has 3 N–H and O–H groups in total. The Hall–Kier alpha value is -2.50. The van der Waals surface area contributed by atoms with Gasteiger partial charge >= 0.3 is 6.03 Å². The smallest absolute Gasteiger partial charge is 0.320 e. The highest BCUT2D eigenvalue weighted by Gasteiger charge is 2.31. The highest BCUT2D eigenvalue weighted by atomic mass is 16.3. The van der Waals surface area contributed by atoms with Gasteiger partial charge in [-0.15, -0.1) is 0 Å². The van der Waals surface area contributed by atoms with E-state index in [1.165, 1.54) is 12.8 Å². The first-order chi connectivity index (χ1) is 11.5. The van der Waals surface area contributed by atoms with Gasteiger partial charge in [0.25, 0.3) is 0 Å². The van der Waals surface area contributed by atoms with Gasteiger partial charge in [-0.05, 0) is 56.7 Å². The number of amides is 2. The van der Waals surface area contributed by atoms with E-state index < -0.39 is 0 Å². The summed E-state index contributed by atoms with van der Waals surface area (Å²) in [7, 11) is 0. The Morgan fingerprint density at radius 2 is 2.08 bits per heavy atom. The molecule has 1 unspecified atom stereocenters. The summed E-state index contributed by atoms with van der Waals surface area (Å²) in [5, 5.41) is 19.5. The first-order valence-electron chi connectivity index (χ1n) is 8.42. The molecule has 0 aliphatic heterocycles. The fourth-order valence-electron chi connectivity index (χ4n) is 2.84. The molecule has 0 spiro atoms. The molecule has 1 saturated carbocycles. The Labute approximate surface area is 141 Å². The van der Waals surface area contributed by atoms with Gasteiger partial charge in [-0.2, -0.15) is 5.10 Å². The number of phenols is 1. The number of hydrogen-bond acceptors (Lipinski definition) is 3. The molecule has 2 amide bonds. The Balaban J connectivity index is 1.52. The van der Waals surface area contributed by atoms with Gasteiger partial charge in [0.1, 0.15) is 11.6 Å². The predicted octanol–water partition coefficient (Wildman–Crippen LogP) is 3.23. The number of aryl methyl sites for hydroxylation is 1. The van der Waals surface area contributed by atoms with Crippen molar-refractivity contribution in [3.05, 3.63) is 41.6 Å². The van der Waals surface area contributed by atoms with Gasteiger partial charge in [-0.3, -0.25) is 5.32 Å². The third-order valence-electron chi connectivity index (χ3n) is 4.43. The lowest BCUT2D eigenvalue weighted by molar-refractivity contribution is 0.252. The van der Waals surface area contributed by atoms with Crippen molar-refractivity contribution >= 4 is 11.8 Å². The number of benzene rings is 1. The summed E-state index contributed by atoms with van der Waals surface area (Å²) in [5.74, 6) is 1.66. The van der Waals surface area contributed by atoms with Gasteiger partial charge in [-0.25, -0.2) is 9.48 Å². The lowest BCUT2D eigenvalue weighted by Crippen LogP contribution is -2.31. The Morgan fingerprint density at radius 3 is 2.75 bits per heavy atom. The molecule has 0 bridgehead atoms. The minimum absolute atomic E-state index is 0.224. The van der Waals surface area contributed by atoms with E-state index in [0.717, 1.165) is 17.1 Å². The average molecular weight is 328 g/mol. The molecule has 2 aromatic rings. The maximum absolute atomic E-state index is 12.1. The van der Waals surface area contributed by atoms with Crippen LogP contribution >= 0.6 is 0 Å². The summed E-state index contributed by atoms with van der Waals surface area (Å²) >= 11 is 0. The van der Waals surface area contributed by atoms with Crippen LogP contribution in [0, 0.1) is 12.8 Å². The normalized spacial score (nSPS) is 15.1. The zero-order valence-corrected chi connectivity index (χ0v) is 14.1. The second kappa shape index (κ2) is 6.95. The number of phenolic OH excluding ortho intramolecular Hbond substituents is 1. The van der Waals surface area contributed by atoms with Crippen molar-refractivity contribution in [2.45, 2.75) is 39.2 Å². The average Bonchev–Trinajstić information content (AvgIpc) is 3.33. The quantitative estimate of drug-likeness (QED) is 0.761. The van der Waals surface area contributed by atoms with Gasteiger partial charge in [0.15, 0.2) is 0 Å². The molecule has 1 heterocycles. The standard InChI is InChI=1S/C18H24N4O2/c1-12-11-17(22(21-12)13(2)15-5-6-15)20-18(24)19-10-9-14-3-7-16(23)8-4-14/h3-4,7-8,11,13,15,23H,5-6,9-10H2,1-2H3,(H2,19,20,24). The van der Waals surface area contributed by atoms with Crippen LogP contribution in [0.1, 0.15) is 37.1 Å². The third-order valence-corrected chi connectivity index (χ3v) is 4.43. The lowest BCUT2D eigenvalue weighted by Gasteiger charge is -2.15. The number of anilines is 1. The number of nitrogens with one attached hydrogen (secondary N) is 2. The van der Waals surface area contributed by atoms with E-state index in [1.54, 1.807) is 12.1 Å². The Kier molecular flexibility index (Phi) is 4.74. The van der Waals surface area contributed by atoms with E-state index >= 15 is 0 Å². The van der Waals surface area contributed by atoms with Gasteiger partial charge in [-0.1, -0.05) is 12.1 Å². The van der Waals surface area contributed by atoms with E-state index in [0.29, 0.717) is 24.9 Å². The second-order valence-electron chi connectivity index (χ2n) is 6.49. The number of carbonyl (C=O) groups excluding carboxylic acids is 1. The van der Waals surface area contributed by atoms with Gasteiger partial charge in [0, 0.05) is 12.6 Å². The van der Waals surface area contributed by atoms with Crippen molar-refractivity contribution in [2.24, 2.45) is 5.92 Å². The fraction of sp³-hybridized carbons (Fsp3) is 0.444. The number of rotatable bonds is 6. The number of carbonyl (C=O) groups is 1. The van der Waals surface area contributed by atoms with E-state index in [2.05, 4.69) is 22.7 Å². The summed E-state index contributed by atoms with van der Waals surface area (Å²) in [6.45, 7) is 4.62. The number of hydrogen-bond donors (Lipinski definition) is 3. The second-order valence-corrected chi connectivity index (χ2v) is 6.49. The minimum atomic E-state index is -0.224. The SMILES string of the molecule is Cc1cc(NC(=O)NCCc2ccc(O)cc2)n(C(C)C2CC2)n1. The van der Waals surface area contributed by atoms with Crippen molar-refractivity contribution in [3.8, 4) is 5.75 Å². The number of aromatic nitrogens is 2. The van der Waals surface area contributed by atoms with Gasteiger partial charge in [0.05, 0.1) is 11.7 Å². The van der Waals surface area contributed by atoms with Crippen LogP contribution in [0.2, 0.25) is 0 Å². The minimum Gasteiger partial charge on any atom is -0.508 e. The third kappa shape index (κ3) is 4.07. The van der Waals surface area contributed by atoms with Crippen molar-refractivity contribution in [2.75, 3.05) is 11.9 Å². The molecule has 1 aromatic carbocycles. The Bertz CT molecular complexity index is 704. The number of urea groups is 1. The largest absolute Gasteiger partial charge is 0.508 e. The summed E-state index contributed by atoms with van der Waals surface area (Å²) < 4.78 is 1.92. The Morgan fingerprint density at radius 1 is 1.38 bits per heavy atom. The first-order valence-corrected chi connectivity index (χ1v) is 8.42. The molecule has 1 fully saturated rings. The van der Waals surface area contributed by atoms with Gasteiger partial charge < -0.3 is 10.4 Å². The molecule has 0 saturated heterocycles. The number of aromatic hydroxyl groups is 1. The molecule has 1 aromatic heterocycles. The first kappa shape index (κ1) is 16.4. The van der Waals surface area contributed by atoms with Crippen LogP contribution in [0.4, 0.5) is 10.6 Å². The molecule has 1 atom stereocenters. The van der Waals surface area contributed by atoms with Crippen LogP contribution in [0.5, 0.6) is 5.75 Å². The molecular formula is C18H24N4O2. The molecule has 1 aliphatic rings. The van der Waals surface area contributed by atoms with E-state index in [9.17, 15) is 9.90 Å². The van der Waals surface area contributed by atoms with E-state index in [4.69, 9.17) is 0 Å². The van der Waals surface area contributed by atoms with Crippen LogP contribution in [-0.4, -0.2) is 27.5 Å². The van der Waals surface area contributed by atoms with Gasteiger partial charge in [0.2, 0.25) is 0 Å². The summed E-state index contributed by atoms with van der Waals surface area (Å²) in [6.07, 6.45) is 3.18. The maximum atomic E-state index is 12.1. The fourth-order valence-corrected chi connectivity index (χ4v) is 2.84. The van der Waals surface area contributed by atoms with Crippen LogP contribution in [0.25, 0.3) is 0 Å². The van der Waals surface area contributed by atoms with Crippen molar-refractivity contribution in [3.63, 3.8) is 0 Å². The predicted molar refractivity (Wildman–Crippen MR) is 93.2 cm³/mol. The molecule has 24 heavy (non-hydrogen) atoms.